The molecule has 0 amide bonds. The van der Waals surface area contributed by atoms with Crippen LogP contribution in [0.4, 0.5) is 0 Å². The average molecular weight is 554 g/mol. The van der Waals surface area contributed by atoms with Crippen molar-refractivity contribution in [2.24, 2.45) is 0 Å². The van der Waals surface area contributed by atoms with Crippen LogP contribution in [-0.2, 0) is 0 Å². The molecule has 0 fully saturated rings. The van der Waals surface area contributed by atoms with Gasteiger partial charge in [0.1, 0.15) is 34.5 Å². The minimum absolute atomic E-state index is 0.181. The predicted octanol–water partition coefficient (Wildman–Crippen LogP) is 5.34. The van der Waals surface area contributed by atoms with E-state index in [0.29, 0.717) is 0 Å². The van der Waals surface area contributed by atoms with E-state index in [1.54, 1.807) is 0 Å². The molecule has 3 aliphatic rings. The minimum atomic E-state index is 0.181. The molecule has 9 rings (SSSR count). The van der Waals surface area contributed by atoms with E-state index >= 15 is 0 Å². The highest BCUT2D eigenvalue weighted by Crippen LogP contribution is 2.35. The molecule has 0 unspecified atom stereocenters. The molecule has 6 aromatic rings. The van der Waals surface area contributed by atoms with Crippen molar-refractivity contribution in [1.82, 2.24) is 0 Å². The third-order valence-electron chi connectivity index (χ3n) is 8.53. The fraction of sp³-hybridized carbons (Fsp3) is 0.0526. The topological polar surface area (TPSA) is 27.7 Å². The second-order valence-electron chi connectivity index (χ2n) is 11.4. The number of para-hydroxylation sites is 4. The number of benzene rings is 6. The minimum Gasteiger partial charge on any atom is -0.458 e. The van der Waals surface area contributed by atoms with Crippen molar-refractivity contribution >= 4 is 46.2 Å². The van der Waals surface area contributed by atoms with E-state index in [1.165, 1.54) is 32.9 Å². The van der Waals surface area contributed by atoms with Crippen molar-refractivity contribution < 1.29 is 14.2 Å². The summed E-state index contributed by atoms with van der Waals surface area (Å²) >= 11 is 0. The molecule has 0 atom stereocenters. The van der Waals surface area contributed by atoms with Crippen LogP contribution in [0.15, 0.2) is 133 Å². The van der Waals surface area contributed by atoms with Gasteiger partial charge in [-0.1, -0.05) is 108 Å². The molecule has 204 valence electrons. The summed E-state index contributed by atoms with van der Waals surface area (Å²) in [6, 6.07) is 46.2. The molecule has 0 aromatic heterocycles. The van der Waals surface area contributed by atoms with Gasteiger partial charge in [0.05, 0.1) is 0 Å². The van der Waals surface area contributed by atoms with E-state index in [0.717, 1.165) is 45.5 Å². The molecule has 3 heterocycles. The SMILES string of the molecule is Cc1cc2c3c(c1)Oc1ccccc1B3c1ccccc1O2.Cc1ccc(B2c3ccccc3Oc3ccccc32)cc1. The highest BCUT2D eigenvalue weighted by molar-refractivity contribution is 6.98. The summed E-state index contributed by atoms with van der Waals surface area (Å²) in [5.74, 6) is 5.62. The van der Waals surface area contributed by atoms with E-state index in [2.05, 4.69) is 98.8 Å². The Morgan fingerprint density at radius 3 is 1.19 bits per heavy atom. The van der Waals surface area contributed by atoms with Gasteiger partial charge in [-0.25, -0.2) is 0 Å². The van der Waals surface area contributed by atoms with Gasteiger partial charge in [-0.3, -0.25) is 0 Å². The van der Waals surface area contributed by atoms with Crippen LogP contribution in [0.3, 0.4) is 0 Å². The third kappa shape index (κ3) is 4.40. The number of ether oxygens (including phenoxy) is 3. The normalized spacial score (nSPS) is 12.9. The van der Waals surface area contributed by atoms with Crippen LogP contribution >= 0.6 is 0 Å². The monoisotopic (exact) mass is 554 g/mol. The van der Waals surface area contributed by atoms with Crippen LogP contribution in [0.1, 0.15) is 11.1 Å². The molecule has 0 N–H and O–H groups in total. The lowest BCUT2D eigenvalue weighted by atomic mass is 9.35. The van der Waals surface area contributed by atoms with Crippen molar-refractivity contribution in [3.05, 3.63) is 145 Å². The van der Waals surface area contributed by atoms with Crippen molar-refractivity contribution in [2.45, 2.75) is 13.8 Å². The lowest BCUT2D eigenvalue weighted by Crippen LogP contribution is -2.57. The summed E-state index contributed by atoms with van der Waals surface area (Å²) < 4.78 is 18.3. The quantitative estimate of drug-likeness (QED) is 0.257. The zero-order chi connectivity index (χ0) is 28.9. The van der Waals surface area contributed by atoms with E-state index in [1.807, 2.05) is 48.5 Å². The van der Waals surface area contributed by atoms with E-state index in [-0.39, 0.29) is 13.4 Å². The maximum Gasteiger partial charge on any atom is 0.260 e. The molecule has 5 heteroatoms. The highest BCUT2D eigenvalue weighted by atomic mass is 16.5. The standard InChI is InChI=1S/C19H13BO2.C19H15BO/c1-12-10-17-19-18(11-12)22-16-9-5-3-7-14(16)20(19)13-6-2-4-8-15(13)21-17;1-14-10-12-15(13-11-14)20-16-6-2-4-8-18(16)21-19-9-5-3-7-17(19)20/h2-11H,1H3;2-13H,1H3. The second-order valence-corrected chi connectivity index (χ2v) is 11.4. The van der Waals surface area contributed by atoms with Crippen LogP contribution < -0.4 is 47.0 Å². The lowest BCUT2D eigenvalue weighted by molar-refractivity contribution is 0.464. The van der Waals surface area contributed by atoms with Crippen LogP contribution in [0, 0.1) is 13.8 Å². The van der Waals surface area contributed by atoms with Gasteiger partial charge in [0.15, 0.2) is 0 Å². The smallest absolute Gasteiger partial charge is 0.260 e. The Morgan fingerprint density at radius 1 is 0.372 bits per heavy atom. The van der Waals surface area contributed by atoms with Crippen LogP contribution in [0.2, 0.25) is 0 Å². The van der Waals surface area contributed by atoms with Gasteiger partial charge in [-0.15, -0.1) is 0 Å². The Kier molecular flexibility index (Phi) is 6.11. The fourth-order valence-electron chi connectivity index (χ4n) is 6.55. The van der Waals surface area contributed by atoms with Gasteiger partial charge in [-0.05, 0) is 77.7 Å². The zero-order valence-corrected chi connectivity index (χ0v) is 24.1. The first kappa shape index (κ1) is 25.6. The highest BCUT2D eigenvalue weighted by Gasteiger charge is 2.39. The number of hydrogen-bond acceptors (Lipinski definition) is 3. The molecule has 0 saturated heterocycles. The predicted molar refractivity (Wildman–Crippen MR) is 178 cm³/mol. The summed E-state index contributed by atoms with van der Waals surface area (Å²) in [5.41, 5.74) is 9.76. The van der Waals surface area contributed by atoms with Crippen LogP contribution in [0.5, 0.6) is 34.5 Å². The average Bonchev–Trinajstić information content (AvgIpc) is 3.04. The van der Waals surface area contributed by atoms with Gasteiger partial charge in [-0.2, -0.15) is 0 Å². The third-order valence-corrected chi connectivity index (χ3v) is 8.53. The molecule has 0 spiro atoms. The Balaban J connectivity index is 0.000000129. The van der Waals surface area contributed by atoms with Gasteiger partial charge in [0.25, 0.3) is 13.4 Å². The number of rotatable bonds is 1. The first-order chi connectivity index (χ1) is 21.1. The molecule has 3 aliphatic heterocycles. The summed E-state index contributed by atoms with van der Waals surface area (Å²) in [6.45, 7) is 4.61. The number of fused-ring (bicyclic) bond motifs is 6. The van der Waals surface area contributed by atoms with Crippen molar-refractivity contribution in [2.75, 3.05) is 0 Å². The Labute approximate surface area is 252 Å². The molecule has 0 bridgehead atoms. The molecule has 43 heavy (non-hydrogen) atoms. The number of hydrogen-bond donors (Lipinski definition) is 0. The van der Waals surface area contributed by atoms with Crippen molar-refractivity contribution in [1.29, 1.82) is 0 Å². The maximum absolute atomic E-state index is 6.14. The van der Waals surface area contributed by atoms with Crippen molar-refractivity contribution in [3.63, 3.8) is 0 Å². The fourth-order valence-corrected chi connectivity index (χ4v) is 6.55. The Morgan fingerprint density at radius 2 is 0.744 bits per heavy atom. The Hall–Kier alpha value is -5.15. The zero-order valence-electron chi connectivity index (χ0n) is 24.1. The van der Waals surface area contributed by atoms with Crippen LogP contribution in [0.25, 0.3) is 0 Å². The molecule has 0 aliphatic carbocycles. The largest absolute Gasteiger partial charge is 0.458 e. The second kappa shape index (κ2) is 10.3. The first-order valence-electron chi connectivity index (χ1n) is 14.7. The van der Waals surface area contributed by atoms with Gasteiger partial charge < -0.3 is 14.2 Å². The van der Waals surface area contributed by atoms with Gasteiger partial charge in [0, 0.05) is 5.46 Å². The van der Waals surface area contributed by atoms with E-state index in [9.17, 15) is 0 Å². The summed E-state index contributed by atoms with van der Waals surface area (Å²) in [5, 5.41) is 0. The van der Waals surface area contributed by atoms with Gasteiger partial charge in [0.2, 0.25) is 0 Å². The van der Waals surface area contributed by atoms with Crippen LogP contribution in [-0.4, -0.2) is 13.4 Å². The molecule has 3 nitrogen and oxygen atoms in total. The summed E-state index contributed by atoms with van der Waals surface area (Å²) in [4.78, 5) is 0. The van der Waals surface area contributed by atoms with Gasteiger partial charge >= 0.3 is 0 Å². The molecule has 0 saturated carbocycles. The van der Waals surface area contributed by atoms with Crippen molar-refractivity contribution in [3.8, 4) is 34.5 Å². The first-order valence-corrected chi connectivity index (χ1v) is 14.7. The molecular weight excluding hydrogens is 526 g/mol. The molecule has 6 aromatic carbocycles. The lowest BCUT2D eigenvalue weighted by Gasteiger charge is -2.33. The van der Waals surface area contributed by atoms with E-state index < -0.39 is 0 Å². The number of aryl methyl sites for hydroxylation is 2. The Bertz CT molecular complexity index is 1880. The molecular formula is C38H28B2O3. The summed E-state index contributed by atoms with van der Waals surface area (Å²) in [7, 11) is 0. The summed E-state index contributed by atoms with van der Waals surface area (Å²) in [6.07, 6.45) is 0. The van der Waals surface area contributed by atoms with E-state index in [4.69, 9.17) is 14.2 Å². The maximum atomic E-state index is 6.14. The molecule has 0 radical (unpaired) electrons.